The molecule has 0 aliphatic carbocycles. The maximum Gasteiger partial charge on any atom is 0.173 e. The summed E-state index contributed by atoms with van der Waals surface area (Å²) in [5.74, 6) is 0. The van der Waals surface area contributed by atoms with Gasteiger partial charge in [0.25, 0.3) is 0 Å². The van der Waals surface area contributed by atoms with Crippen LogP contribution >= 0.6 is 37.0 Å². The van der Waals surface area contributed by atoms with E-state index in [-0.39, 0.29) is 0 Å². The van der Waals surface area contributed by atoms with E-state index in [1.807, 2.05) is 0 Å². The molecule has 0 N–H and O–H groups in total. The largest absolute Gasteiger partial charge is 0.173 e. The minimum absolute atomic E-state index is 0.366. The molecule has 0 spiro atoms. The fraction of sp³-hybridized carbons (Fsp3) is 1.00. The highest BCUT2D eigenvalue weighted by Gasteiger charge is 2.50. The first kappa shape index (κ1) is 17.6. The molecule has 0 heterocycles. The van der Waals surface area contributed by atoms with Crippen molar-refractivity contribution in [2.75, 3.05) is 0 Å². The summed E-state index contributed by atoms with van der Waals surface area (Å²) in [5, 5.41) is 0.429. The average molecular weight is 390 g/mol. The van der Waals surface area contributed by atoms with E-state index < -0.39 is 11.7 Å². The molecule has 0 unspecified atom stereocenters. The topological polar surface area (TPSA) is 0 Å². The van der Waals surface area contributed by atoms with Crippen LogP contribution in [0.5, 0.6) is 0 Å². The molecule has 98 valence electrons. The third kappa shape index (κ3) is 2.78. The molecule has 0 amide bonds. The number of hydrogen-bond donors (Lipinski definition) is 0. The van der Waals surface area contributed by atoms with Crippen molar-refractivity contribution in [1.82, 2.24) is 0 Å². The monoisotopic (exact) mass is 388 g/mol. The van der Waals surface area contributed by atoms with Gasteiger partial charge in [0, 0.05) is 0 Å². The summed E-state index contributed by atoms with van der Waals surface area (Å²) in [6.07, 6.45) is -1.18. The highest BCUT2D eigenvalue weighted by atomic mass is 79.9. The standard InChI is InChI=1S/C12H27Br2PSi/c1-10(2,3)15(16(13)14,11(4,5)6)12(7,8)9/h1-9H3. The van der Waals surface area contributed by atoms with Gasteiger partial charge in [0.2, 0.25) is 0 Å². The Bertz CT molecular complexity index is 267. The van der Waals surface area contributed by atoms with Crippen molar-refractivity contribution in [3.8, 4) is 0 Å². The Hall–Kier alpha value is 1.61. The van der Waals surface area contributed by atoms with Crippen molar-refractivity contribution in [2.45, 2.75) is 77.8 Å². The molecule has 0 rings (SSSR count). The van der Waals surface area contributed by atoms with Crippen LogP contribution in [0.3, 0.4) is 0 Å². The van der Waals surface area contributed by atoms with Crippen LogP contribution in [0.15, 0.2) is 0 Å². The second-order valence-electron chi connectivity index (χ2n) is 7.42. The first-order valence-electron chi connectivity index (χ1n) is 5.77. The fourth-order valence-electron chi connectivity index (χ4n) is 3.78. The first-order valence-corrected chi connectivity index (χ1v) is 14.4. The highest BCUT2D eigenvalue weighted by Crippen LogP contribution is 2.76. The van der Waals surface area contributed by atoms with Gasteiger partial charge in [-0.1, -0.05) is 99.3 Å². The van der Waals surface area contributed by atoms with Crippen LogP contribution in [0.2, 0.25) is 0 Å². The van der Waals surface area contributed by atoms with Gasteiger partial charge in [-0.15, -0.1) is 0 Å². The van der Waals surface area contributed by atoms with Gasteiger partial charge < -0.3 is 0 Å². The summed E-state index contributed by atoms with van der Waals surface area (Å²) in [4.78, 5) is 0. The molecule has 0 nitrogen and oxygen atoms in total. The zero-order valence-corrected chi connectivity index (χ0v) is 17.3. The number of rotatable bonds is 0. The van der Waals surface area contributed by atoms with Crippen molar-refractivity contribution in [2.24, 2.45) is 0 Å². The lowest BCUT2D eigenvalue weighted by molar-refractivity contribution is 0.639. The highest BCUT2D eigenvalue weighted by molar-refractivity contribution is 9.50. The molecule has 0 atom stereocenters. The minimum Gasteiger partial charge on any atom is -0.0855 e. The lowest BCUT2D eigenvalue weighted by atomic mass is 10.2. The molecule has 0 fully saturated rings. The third-order valence-electron chi connectivity index (χ3n) is 3.27. The maximum absolute atomic E-state index is 3.97. The average Bonchev–Trinajstić information content (AvgIpc) is 1.71. The Morgan fingerprint density at radius 2 is 0.812 bits per heavy atom. The van der Waals surface area contributed by atoms with Crippen LogP contribution in [-0.2, 0) is 0 Å². The van der Waals surface area contributed by atoms with E-state index in [1.165, 1.54) is 0 Å². The molecule has 0 aromatic rings. The molecule has 0 aromatic heterocycles. The molecule has 0 aromatic carbocycles. The Kier molecular flexibility index (Phi) is 5.44. The smallest absolute Gasteiger partial charge is 0.0855 e. The number of halogens is 2. The molecule has 0 aliphatic rings. The number of hydrogen-bond acceptors (Lipinski definition) is 0. The molecule has 4 heteroatoms. The Morgan fingerprint density at radius 3 is 0.812 bits per heavy atom. The summed E-state index contributed by atoms with van der Waals surface area (Å²) >= 11 is 7.95. The fourth-order valence-corrected chi connectivity index (χ4v) is 44.6. The second-order valence-corrected chi connectivity index (χ2v) is 28.3. The van der Waals surface area contributed by atoms with Gasteiger partial charge in [-0.3, -0.25) is 0 Å². The molecule has 0 saturated heterocycles. The van der Waals surface area contributed by atoms with E-state index in [9.17, 15) is 0 Å². The summed E-state index contributed by atoms with van der Waals surface area (Å²) in [6.45, 7) is 21.8. The summed E-state index contributed by atoms with van der Waals surface area (Å²) in [7, 11) is 0. The maximum atomic E-state index is 3.97. The molecular formula is C12H27Br2PSi. The minimum atomic E-state index is -1.18. The van der Waals surface area contributed by atoms with Gasteiger partial charge in [-0.2, -0.15) is 0 Å². The Balaban J connectivity index is 6.46. The molecule has 0 saturated carbocycles. The summed E-state index contributed by atoms with van der Waals surface area (Å²) in [6, 6.07) is 0. The van der Waals surface area contributed by atoms with Gasteiger partial charge in [-0.25, -0.2) is 0 Å². The van der Waals surface area contributed by atoms with Crippen LogP contribution in [-0.4, -0.2) is 20.8 Å². The van der Waals surface area contributed by atoms with E-state index >= 15 is 0 Å². The van der Waals surface area contributed by atoms with E-state index in [4.69, 9.17) is 0 Å². The van der Waals surface area contributed by atoms with Crippen molar-refractivity contribution in [1.29, 1.82) is 0 Å². The van der Waals surface area contributed by atoms with E-state index in [1.54, 1.807) is 0 Å². The SMILES string of the molecule is CC(C)(C)P(=[Si](Br)Br)(C(C)(C)C)C(C)(C)C. The first-order chi connectivity index (χ1) is 6.69. The van der Waals surface area contributed by atoms with E-state index in [0.29, 0.717) is 15.5 Å². The van der Waals surface area contributed by atoms with Gasteiger partial charge >= 0.3 is 0 Å². The van der Waals surface area contributed by atoms with Crippen LogP contribution in [0, 0.1) is 0 Å². The van der Waals surface area contributed by atoms with Crippen molar-refractivity contribution in [3.63, 3.8) is 0 Å². The summed E-state index contributed by atoms with van der Waals surface area (Å²) < 4.78 is 0. The van der Waals surface area contributed by atoms with E-state index in [0.717, 1.165) is 0 Å². The zero-order valence-electron chi connectivity index (χ0n) is 12.2. The molecular weight excluding hydrogens is 363 g/mol. The molecule has 0 bridgehead atoms. The van der Waals surface area contributed by atoms with Crippen molar-refractivity contribution >= 4 is 42.3 Å². The van der Waals surface area contributed by atoms with Gasteiger partial charge in [0.05, 0.1) is 0 Å². The lowest BCUT2D eigenvalue weighted by Gasteiger charge is -2.56. The van der Waals surface area contributed by atoms with Crippen molar-refractivity contribution in [3.05, 3.63) is 0 Å². The summed E-state index contributed by atoms with van der Waals surface area (Å²) in [5.41, 5.74) is 0. The normalized spacial score (nSPS) is 15.2. The lowest BCUT2D eigenvalue weighted by Crippen LogP contribution is -2.41. The van der Waals surface area contributed by atoms with E-state index in [2.05, 4.69) is 92.9 Å². The molecule has 16 heavy (non-hydrogen) atoms. The van der Waals surface area contributed by atoms with Gasteiger partial charge in [0.1, 0.15) is 0 Å². The van der Waals surface area contributed by atoms with Crippen LogP contribution < -0.4 is 0 Å². The third-order valence-corrected chi connectivity index (χ3v) is 27.0. The van der Waals surface area contributed by atoms with Crippen molar-refractivity contribution < 1.29 is 0 Å². The molecule has 0 aliphatic heterocycles. The predicted octanol–water partition coefficient (Wildman–Crippen LogP) is 6.17. The zero-order chi connectivity index (χ0) is 13.6. The quantitative estimate of drug-likeness (QED) is 0.264. The van der Waals surface area contributed by atoms with Gasteiger partial charge in [0.15, 0.2) is 5.29 Å². The Labute approximate surface area is 119 Å². The van der Waals surface area contributed by atoms with Crippen LogP contribution in [0.4, 0.5) is 0 Å². The predicted molar refractivity (Wildman–Crippen MR) is 89.8 cm³/mol. The molecule has 0 radical (unpaired) electrons. The second kappa shape index (κ2) is 4.94. The Morgan fingerprint density at radius 1 is 0.625 bits per heavy atom. The van der Waals surface area contributed by atoms with Crippen LogP contribution in [0.25, 0.3) is 0 Å². The van der Waals surface area contributed by atoms with Gasteiger partial charge in [-0.05, 0) is 15.5 Å². The van der Waals surface area contributed by atoms with Crippen LogP contribution in [0.1, 0.15) is 62.3 Å².